The van der Waals surface area contributed by atoms with Gasteiger partial charge in [0.2, 0.25) is 0 Å². The van der Waals surface area contributed by atoms with Crippen LogP contribution in [0.4, 0.5) is 0 Å². The van der Waals surface area contributed by atoms with Gasteiger partial charge in [-0.25, -0.2) is 0 Å². The lowest BCUT2D eigenvalue weighted by atomic mass is 9.95. The molecule has 1 fully saturated rings. The van der Waals surface area contributed by atoms with Crippen LogP contribution < -0.4 is 0 Å². The molecule has 2 bridgehead atoms. The second-order valence-corrected chi connectivity index (χ2v) is 9.36. The van der Waals surface area contributed by atoms with Crippen molar-refractivity contribution < 1.29 is 14.9 Å². The van der Waals surface area contributed by atoms with Crippen LogP contribution in [-0.4, -0.2) is 30.9 Å². The molecule has 0 amide bonds. The van der Waals surface area contributed by atoms with Gasteiger partial charge < -0.3 is 29.1 Å². The molecule has 6 heteroatoms. The first-order valence-corrected chi connectivity index (χ1v) is 11.1. The molecule has 2 aliphatic heterocycles. The minimum atomic E-state index is -0.681. The summed E-state index contributed by atoms with van der Waals surface area (Å²) in [5.41, 5.74) is 3.68. The monoisotopic (exact) mass is 423 g/mol. The quantitative estimate of drug-likeness (QED) is 0.336. The predicted molar refractivity (Wildman–Crippen MR) is 125 cm³/mol. The van der Waals surface area contributed by atoms with E-state index in [0.717, 1.165) is 60.8 Å². The Morgan fingerprint density at radius 1 is 0.969 bits per heavy atom. The number of ether oxygens (including phenoxy) is 1. The van der Waals surface area contributed by atoms with Gasteiger partial charge >= 0.3 is 0 Å². The van der Waals surface area contributed by atoms with Gasteiger partial charge in [-0.2, -0.15) is 0 Å². The first-order chi connectivity index (χ1) is 15.6. The van der Waals surface area contributed by atoms with Crippen molar-refractivity contribution >= 4 is 54.4 Å². The SMILES string of the molecule is C[C@]12OC(C[C@H]1CO)n1c3ccccc3c3c4c(O)[nH]cc4c4c5ccccc5n2c4c31. The maximum Gasteiger partial charge on any atom is 0.197 e. The molecule has 0 spiro atoms. The highest BCUT2D eigenvalue weighted by Gasteiger charge is 2.51. The molecule has 3 aromatic heterocycles. The number of benzene rings is 3. The van der Waals surface area contributed by atoms with Gasteiger partial charge in [0.15, 0.2) is 5.88 Å². The fourth-order valence-corrected chi connectivity index (χ4v) is 6.63. The maximum atomic E-state index is 10.9. The number of aromatic hydroxyl groups is 1. The number of fused-ring (bicyclic) bond motifs is 13. The number of nitrogens with one attached hydrogen (secondary N) is 1. The average Bonchev–Trinajstić information content (AvgIpc) is 3.51. The molecule has 3 aromatic carbocycles. The molecule has 2 aliphatic rings. The zero-order valence-electron chi connectivity index (χ0n) is 17.5. The summed E-state index contributed by atoms with van der Waals surface area (Å²) < 4.78 is 11.5. The van der Waals surface area contributed by atoms with Gasteiger partial charge in [-0.15, -0.1) is 0 Å². The Bertz CT molecular complexity index is 1770. The minimum absolute atomic E-state index is 0.0359. The van der Waals surface area contributed by atoms with E-state index < -0.39 is 5.72 Å². The van der Waals surface area contributed by atoms with E-state index in [1.165, 1.54) is 0 Å². The van der Waals surface area contributed by atoms with Crippen molar-refractivity contribution in [2.45, 2.75) is 25.3 Å². The Labute approximate surface area is 182 Å². The van der Waals surface area contributed by atoms with Crippen LogP contribution in [0.15, 0.2) is 54.7 Å². The average molecular weight is 423 g/mol. The van der Waals surface area contributed by atoms with Crippen molar-refractivity contribution in [1.82, 2.24) is 14.1 Å². The molecule has 6 nitrogen and oxygen atoms in total. The van der Waals surface area contributed by atoms with E-state index in [2.05, 4.69) is 57.4 Å². The lowest BCUT2D eigenvalue weighted by Gasteiger charge is -2.32. The highest BCUT2D eigenvalue weighted by atomic mass is 16.5. The number of aliphatic hydroxyl groups excluding tert-OH is 1. The van der Waals surface area contributed by atoms with Gasteiger partial charge in [0.05, 0.1) is 34.1 Å². The summed E-state index contributed by atoms with van der Waals surface area (Å²) in [4.78, 5) is 3.08. The third-order valence-electron chi connectivity index (χ3n) is 7.96. The first-order valence-electron chi connectivity index (χ1n) is 11.1. The third-order valence-corrected chi connectivity index (χ3v) is 7.96. The van der Waals surface area contributed by atoms with Crippen LogP contribution in [0.2, 0.25) is 0 Å². The molecule has 3 atom stereocenters. The normalized spacial score (nSPS) is 24.7. The lowest BCUT2D eigenvalue weighted by Crippen LogP contribution is -2.37. The van der Waals surface area contributed by atoms with Crippen molar-refractivity contribution in [1.29, 1.82) is 0 Å². The molecule has 0 aliphatic carbocycles. The summed E-state index contributed by atoms with van der Waals surface area (Å²) >= 11 is 0. The van der Waals surface area contributed by atoms with Gasteiger partial charge in [0, 0.05) is 45.5 Å². The molecule has 0 saturated carbocycles. The number of aromatic nitrogens is 3. The Morgan fingerprint density at radius 2 is 1.69 bits per heavy atom. The number of para-hydroxylation sites is 2. The van der Waals surface area contributed by atoms with Gasteiger partial charge in [-0.05, 0) is 19.1 Å². The summed E-state index contributed by atoms with van der Waals surface area (Å²) in [5.74, 6) is 0.155. The van der Waals surface area contributed by atoms with Crippen LogP contribution in [0.1, 0.15) is 19.6 Å². The van der Waals surface area contributed by atoms with Crippen molar-refractivity contribution in [3.63, 3.8) is 0 Å². The van der Waals surface area contributed by atoms with Crippen LogP contribution in [0.5, 0.6) is 5.88 Å². The number of H-pyrrole nitrogens is 1. The Morgan fingerprint density at radius 3 is 2.47 bits per heavy atom. The van der Waals surface area contributed by atoms with Crippen molar-refractivity contribution in [2.24, 2.45) is 5.92 Å². The lowest BCUT2D eigenvalue weighted by molar-refractivity contribution is -0.122. The highest BCUT2D eigenvalue weighted by Crippen LogP contribution is 2.56. The van der Waals surface area contributed by atoms with Gasteiger partial charge in [-0.3, -0.25) is 0 Å². The molecule has 0 radical (unpaired) electrons. The molecule has 5 heterocycles. The predicted octanol–water partition coefficient (Wildman–Crippen LogP) is 5.30. The van der Waals surface area contributed by atoms with Gasteiger partial charge in [-0.1, -0.05) is 36.4 Å². The number of hydrogen-bond donors (Lipinski definition) is 3. The second-order valence-electron chi connectivity index (χ2n) is 9.36. The maximum absolute atomic E-state index is 10.9. The van der Waals surface area contributed by atoms with Gasteiger partial charge in [0.25, 0.3) is 0 Å². The van der Waals surface area contributed by atoms with Crippen molar-refractivity contribution in [3.8, 4) is 5.88 Å². The fourth-order valence-electron chi connectivity index (χ4n) is 6.63. The highest BCUT2D eigenvalue weighted by molar-refractivity contribution is 6.36. The Balaban J connectivity index is 1.81. The summed E-state index contributed by atoms with van der Waals surface area (Å²) in [7, 11) is 0. The van der Waals surface area contributed by atoms with Gasteiger partial charge in [0.1, 0.15) is 12.0 Å². The molecule has 1 saturated heterocycles. The molecule has 1 unspecified atom stereocenters. The molecule has 32 heavy (non-hydrogen) atoms. The van der Waals surface area contributed by atoms with Crippen LogP contribution >= 0.6 is 0 Å². The minimum Gasteiger partial charge on any atom is -0.494 e. The van der Waals surface area contributed by atoms with E-state index in [1.54, 1.807) is 0 Å². The largest absolute Gasteiger partial charge is 0.494 e. The number of rotatable bonds is 1. The second kappa shape index (κ2) is 5.28. The van der Waals surface area contributed by atoms with E-state index in [9.17, 15) is 10.2 Å². The standard InChI is InChI=1S/C26H21N3O3/c1-26-13(12-30)10-19(32-26)28-17-8-4-2-6-14(17)21-22-16(11-27-25(22)31)20-15-7-3-5-9-18(15)29(26)24(20)23(21)28/h2-9,11,13,19,27,30-31H,10,12H2,1H3/t13-,19?,26-/m0/s1. The van der Waals surface area contributed by atoms with Crippen LogP contribution in [0.3, 0.4) is 0 Å². The van der Waals surface area contributed by atoms with Crippen molar-refractivity contribution in [3.05, 3.63) is 54.7 Å². The van der Waals surface area contributed by atoms with E-state index in [-0.39, 0.29) is 24.6 Å². The molecule has 6 aromatic rings. The zero-order chi connectivity index (χ0) is 21.4. The number of hydrogen-bond acceptors (Lipinski definition) is 3. The summed E-state index contributed by atoms with van der Waals surface area (Å²) in [5, 5.41) is 27.5. The molecule has 3 N–H and O–H groups in total. The third kappa shape index (κ3) is 1.64. The summed E-state index contributed by atoms with van der Waals surface area (Å²) in [6.07, 6.45) is 2.45. The van der Waals surface area contributed by atoms with E-state index >= 15 is 0 Å². The smallest absolute Gasteiger partial charge is 0.197 e. The Kier molecular flexibility index (Phi) is 2.83. The molecule has 158 valence electrons. The number of aliphatic hydroxyl groups is 1. The van der Waals surface area contributed by atoms with E-state index in [1.807, 2.05) is 18.3 Å². The molecular formula is C26H21N3O3. The van der Waals surface area contributed by atoms with Crippen LogP contribution in [-0.2, 0) is 10.5 Å². The van der Waals surface area contributed by atoms with E-state index in [0.29, 0.717) is 0 Å². The number of aromatic amines is 1. The topological polar surface area (TPSA) is 75.3 Å². The number of nitrogens with zero attached hydrogens (tertiary/aromatic N) is 2. The molecule has 8 rings (SSSR count). The zero-order valence-corrected chi connectivity index (χ0v) is 17.5. The first kappa shape index (κ1) is 17.1. The van der Waals surface area contributed by atoms with Crippen LogP contribution in [0.25, 0.3) is 54.4 Å². The molecular weight excluding hydrogens is 402 g/mol. The van der Waals surface area contributed by atoms with Crippen molar-refractivity contribution in [2.75, 3.05) is 6.61 Å². The summed E-state index contributed by atoms with van der Waals surface area (Å²) in [6, 6.07) is 16.7. The Hall–Kier alpha value is -3.48. The fraction of sp³-hybridized carbons (Fsp3) is 0.231. The van der Waals surface area contributed by atoms with Crippen LogP contribution in [0, 0.1) is 5.92 Å². The van der Waals surface area contributed by atoms with E-state index in [4.69, 9.17) is 4.74 Å². The summed E-state index contributed by atoms with van der Waals surface area (Å²) in [6.45, 7) is 2.17.